The second-order valence-corrected chi connectivity index (χ2v) is 4.67. The first kappa shape index (κ1) is 14.1. The van der Waals surface area contributed by atoms with E-state index in [9.17, 15) is 9.59 Å². The average Bonchev–Trinajstić information content (AvgIpc) is 2.10. The van der Waals surface area contributed by atoms with Gasteiger partial charge in [-0.2, -0.15) is 0 Å². The highest BCUT2D eigenvalue weighted by Gasteiger charge is 2.07. The topological polar surface area (TPSA) is 46.2 Å². The van der Waals surface area contributed by atoms with Gasteiger partial charge >= 0.3 is 0 Å². The lowest BCUT2D eigenvalue weighted by molar-refractivity contribution is -0.123. The Kier molecular flexibility index (Phi) is 7.01. The van der Waals surface area contributed by atoms with E-state index in [1.54, 1.807) is 0 Å². The van der Waals surface area contributed by atoms with Crippen LogP contribution in [0.5, 0.6) is 0 Å². The van der Waals surface area contributed by atoms with E-state index in [1.165, 1.54) is 0 Å². The number of hydrogen-bond donors (Lipinski definition) is 1. The van der Waals surface area contributed by atoms with Crippen molar-refractivity contribution < 1.29 is 9.59 Å². The molecule has 1 amide bonds. The predicted octanol–water partition coefficient (Wildman–Crippen LogP) is 2.15. The number of hydrogen-bond acceptors (Lipinski definition) is 2. The molecule has 0 bridgehead atoms. The van der Waals surface area contributed by atoms with Gasteiger partial charge in [0, 0.05) is 25.3 Å². The largest absolute Gasteiger partial charge is 0.356 e. The van der Waals surface area contributed by atoms with E-state index in [0.717, 1.165) is 6.42 Å². The van der Waals surface area contributed by atoms with Crippen molar-refractivity contribution in [2.75, 3.05) is 6.54 Å². The molecule has 0 aromatic carbocycles. The summed E-state index contributed by atoms with van der Waals surface area (Å²) in [5.41, 5.74) is 0. The molecule has 0 aliphatic heterocycles. The Morgan fingerprint density at radius 1 is 1.13 bits per heavy atom. The fourth-order valence-corrected chi connectivity index (χ4v) is 1.22. The third kappa shape index (κ3) is 8.16. The van der Waals surface area contributed by atoms with Gasteiger partial charge in [-0.05, 0) is 12.3 Å². The normalized spacial score (nSPS) is 10.8. The zero-order chi connectivity index (χ0) is 11.8. The summed E-state index contributed by atoms with van der Waals surface area (Å²) in [6.07, 6.45) is 1.89. The molecule has 0 saturated carbocycles. The van der Waals surface area contributed by atoms with Gasteiger partial charge in [0.25, 0.3) is 0 Å². The second-order valence-electron chi connectivity index (χ2n) is 4.67. The summed E-state index contributed by atoms with van der Waals surface area (Å²) in [6, 6.07) is 0. The highest BCUT2D eigenvalue weighted by Crippen LogP contribution is 2.01. The van der Waals surface area contributed by atoms with Crippen LogP contribution in [0.1, 0.15) is 47.0 Å². The van der Waals surface area contributed by atoms with E-state index < -0.39 is 0 Å². The van der Waals surface area contributed by atoms with Crippen molar-refractivity contribution in [3.05, 3.63) is 0 Å². The van der Waals surface area contributed by atoms with Crippen LogP contribution in [-0.2, 0) is 9.59 Å². The van der Waals surface area contributed by atoms with E-state index >= 15 is 0 Å². The molecule has 0 heterocycles. The number of amides is 1. The molecule has 0 fully saturated rings. The molecule has 0 spiro atoms. The molecule has 0 aromatic heterocycles. The molecule has 0 rings (SSSR count). The van der Waals surface area contributed by atoms with Gasteiger partial charge in [-0.3, -0.25) is 9.59 Å². The molecule has 0 aromatic rings. The predicted molar refractivity (Wildman–Crippen MR) is 61.5 cm³/mol. The van der Waals surface area contributed by atoms with E-state index in [-0.39, 0.29) is 17.6 Å². The van der Waals surface area contributed by atoms with Crippen molar-refractivity contribution in [1.82, 2.24) is 5.32 Å². The minimum Gasteiger partial charge on any atom is -0.356 e. The second kappa shape index (κ2) is 7.43. The summed E-state index contributed by atoms with van der Waals surface area (Å²) < 4.78 is 0. The molecule has 0 radical (unpaired) electrons. The standard InChI is InChI=1S/C12H23NO2/c1-9(2)8-12(15)13-7-5-6-11(14)10(3)4/h9-10H,5-8H2,1-4H3,(H,13,15). The molecule has 1 N–H and O–H groups in total. The van der Waals surface area contributed by atoms with Crippen LogP contribution >= 0.6 is 0 Å². The van der Waals surface area contributed by atoms with Crippen LogP contribution in [0.25, 0.3) is 0 Å². The highest BCUT2D eigenvalue weighted by atomic mass is 16.1. The molecule has 15 heavy (non-hydrogen) atoms. The average molecular weight is 213 g/mol. The van der Waals surface area contributed by atoms with Crippen LogP contribution in [0.4, 0.5) is 0 Å². The number of Topliss-reactive ketones (excluding diaryl/α,β-unsaturated/α-hetero) is 1. The molecule has 3 heteroatoms. The lowest BCUT2D eigenvalue weighted by Gasteiger charge is -2.07. The smallest absolute Gasteiger partial charge is 0.220 e. The Hall–Kier alpha value is -0.860. The molecule has 0 aliphatic carbocycles. The van der Waals surface area contributed by atoms with Crippen LogP contribution in [0.2, 0.25) is 0 Å². The molecular formula is C12H23NO2. The zero-order valence-corrected chi connectivity index (χ0v) is 10.3. The van der Waals surface area contributed by atoms with Crippen molar-refractivity contribution in [2.45, 2.75) is 47.0 Å². The van der Waals surface area contributed by atoms with E-state index in [2.05, 4.69) is 5.32 Å². The molecule has 0 atom stereocenters. The van der Waals surface area contributed by atoms with Gasteiger partial charge in [0.1, 0.15) is 5.78 Å². The van der Waals surface area contributed by atoms with Gasteiger partial charge in [0.05, 0.1) is 0 Å². The maximum absolute atomic E-state index is 11.3. The monoisotopic (exact) mass is 213 g/mol. The number of carbonyl (C=O) groups excluding carboxylic acids is 2. The Morgan fingerprint density at radius 3 is 2.20 bits per heavy atom. The fraction of sp³-hybridized carbons (Fsp3) is 0.833. The maximum Gasteiger partial charge on any atom is 0.220 e. The van der Waals surface area contributed by atoms with Crippen molar-refractivity contribution in [3.63, 3.8) is 0 Å². The summed E-state index contributed by atoms with van der Waals surface area (Å²) in [4.78, 5) is 22.5. The van der Waals surface area contributed by atoms with Crippen LogP contribution in [0.3, 0.4) is 0 Å². The first-order valence-corrected chi connectivity index (χ1v) is 5.73. The van der Waals surface area contributed by atoms with Crippen LogP contribution < -0.4 is 5.32 Å². The van der Waals surface area contributed by atoms with Crippen LogP contribution in [0, 0.1) is 11.8 Å². The summed E-state index contributed by atoms with van der Waals surface area (Å²) in [6.45, 7) is 8.45. The Labute approximate surface area is 92.6 Å². The number of carbonyl (C=O) groups is 2. The lowest BCUT2D eigenvalue weighted by Crippen LogP contribution is -2.26. The first-order chi connectivity index (χ1) is 6.93. The molecule has 3 nitrogen and oxygen atoms in total. The fourth-order valence-electron chi connectivity index (χ4n) is 1.22. The maximum atomic E-state index is 11.3. The minimum absolute atomic E-state index is 0.0852. The Morgan fingerprint density at radius 2 is 1.73 bits per heavy atom. The summed E-state index contributed by atoms with van der Waals surface area (Å²) in [5, 5.41) is 2.82. The summed E-state index contributed by atoms with van der Waals surface area (Å²) >= 11 is 0. The van der Waals surface area contributed by atoms with Gasteiger partial charge in [-0.25, -0.2) is 0 Å². The van der Waals surface area contributed by atoms with Gasteiger partial charge < -0.3 is 5.32 Å². The molecule has 0 unspecified atom stereocenters. The third-order valence-corrected chi connectivity index (χ3v) is 2.16. The van der Waals surface area contributed by atoms with E-state index in [1.807, 2.05) is 27.7 Å². The lowest BCUT2D eigenvalue weighted by atomic mass is 10.0. The molecule has 0 saturated heterocycles. The van der Waals surface area contributed by atoms with Crippen molar-refractivity contribution >= 4 is 11.7 Å². The zero-order valence-electron chi connectivity index (χ0n) is 10.3. The first-order valence-electron chi connectivity index (χ1n) is 5.73. The van der Waals surface area contributed by atoms with E-state index in [4.69, 9.17) is 0 Å². The van der Waals surface area contributed by atoms with Gasteiger partial charge in [0.15, 0.2) is 0 Å². The number of ketones is 1. The summed E-state index contributed by atoms with van der Waals surface area (Å²) in [7, 11) is 0. The van der Waals surface area contributed by atoms with Gasteiger partial charge in [0.2, 0.25) is 5.91 Å². The quantitative estimate of drug-likeness (QED) is 0.659. The third-order valence-electron chi connectivity index (χ3n) is 2.16. The van der Waals surface area contributed by atoms with Crippen molar-refractivity contribution in [3.8, 4) is 0 Å². The Bertz CT molecular complexity index is 210. The van der Waals surface area contributed by atoms with Crippen LogP contribution in [-0.4, -0.2) is 18.2 Å². The van der Waals surface area contributed by atoms with Crippen molar-refractivity contribution in [1.29, 1.82) is 0 Å². The summed E-state index contributed by atoms with van der Waals surface area (Å²) in [5.74, 6) is 0.855. The number of rotatable bonds is 7. The minimum atomic E-state index is 0.0852. The Balaban J connectivity index is 3.46. The SMILES string of the molecule is CC(C)CC(=O)NCCCC(=O)C(C)C. The number of nitrogens with one attached hydrogen (secondary N) is 1. The van der Waals surface area contributed by atoms with E-state index in [0.29, 0.717) is 25.3 Å². The molecule has 0 aliphatic rings. The van der Waals surface area contributed by atoms with Crippen molar-refractivity contribution in [2.24, 2.45) is 11.8 Å². The molecular weight excluding hydrogens is 190 g/mol. The van der Waals surface area contributed by atoms with Gasteiger partial charge in [-0.1, -0.05) is 27.7 Å². The molecule has 88 valence electrons. The van der Waals surface area contributed by atoms with Crippen LogP contribution in [0.15, 0.2) is 0 Å². The highest BCUT2D eigenvalue weighted by molar-refractivity contribution is 5.80. The van der Waals surface area contributed by atoms with Gasteiger partial charge in [-0.15, -0.1) is 0 Å².